The van der Waals surface area contributed by atoms with Gasteiger partial charge in [0.2, 0.25) is 0 Å². The van der Waals surface area contributed by atoms with Gasteiger partial charge in [0, 0.05) is 6.04 Å². The van der Waals surface area contributed by atoms with Gasteiger partial charge in [0.15, 0.2) is 0 Å². The van der Waals surface area contributed by atoms with Gasteiger partial charge in [-0.3, -0.25) is 0 Å². The molecular weight excluding hydrogens is 278 g/mol. The molecule has 0 amide bonds. The van der Waals surface area contributed by atoms with E-state index in [9.17, 15) is 0 Å². The van der Waals surface area contributed by atoms with E-state index in [2.05, 4.69) is 40.3 Å². The van der Waals surface area contributed by atoms with Gasteiger partial charge in [0.05, 0.1) is 11.1 Å². The number of ether oxygens (including phenoxy) is 1. The lowest BCUT2D eigenvalue weighted by atomic mass is 10.0. The second-order valence-electron chi connectivity index (χ2n) is 4.72. The highest BCUT2D eigenvalue weighted by Crippen LogP contribution is 2.26. The summed E-state index contributed by atoms with van der Waals surface area (Å²) in [5.41, 5.74) is 1.25. The van der Waals surface area contributed by atoms with Crippen molar-refractivity contribution in [1.29, 1.82) is 0 Å². The molecule has 3 heteroatoms. The maximum atomic E-state index is 5.81. The first kappa shape index (κ1) is 12.9. The van der Waals surface area contributed by atoms with Gasteiger partial charge < -0.3 is 10.1 Å². The highest BCUT2D eigenvalue weighted by atomic mass is 79.9. The van der Waals surface area contributed by atoms with Crippen molar-refractivity contribution in [2.45, 2.75) is 38.6 Å². The Morgan fingerprint density at radius 1 is 1.41 bits per heavy atom. The first-order chi connectivity index (χ1) is 8.25. The summed E-state index contributed by atoms with van der Waals surface area (Å²) in [6.07, 6.45) is 5.06. The molecule has 1 heterocycles. The number of aryl methyl sites for hydroxylation is 1. The van der Waals surface area contributed by atoms with E-state index in [1.54, 1.807) is 0 Å². The quantitative estimate of drug-likeness (QED) is 0.916. The van der Waals surface area contributed by atoms with E-state index in [1.165, 1.54) is 31.4 Å². The maximum Gasteiger partial charge on any atom is 0.133 e. The molecule has 2 nitrogen and oxygen atoms in total. The van der Waals surface area contributed by atoms with Crippen molar-refractivity contribution in [2.75, 3.05) is 13.2 Å². The van der Waals surface area contributed by atoms with Crippen molar-refractivity contribution < 1.29 is 4.74 Å². The van der Waals surface area contributed by atoms with E-state index in [4.69, 9.17) is 4.74 Å². The Kier molecular flexibility index (Phi) is 4.86. The van der Waals surface area contributed by atoms with Crippen molar-refractivity contribution in [3.8, 4) is 5.75 Å². The molecule has 0 aliphatic carbocycles. The van der Waals surface area contributed by atoms with Crippen LogP contribution in [0.25, 0.3) is 0 Å². The molecule has 2 rings (SSSR count). The van der Waals surface area contributed by atoms with Gasteiger partial charge in [-0.25, -0.2) is 0 Å². The molecule has 0 spiro atoms. The molecule has 1 N–H and O–H groups in total. The summed E-state index contributed by atoms with van der Waals surface area (Å²) >= 11 is 3.53. The van der Waals surface area contributed by atoms with E-state index in [0.717, 1.165) is 23.2 Å². The topological polar surface area (TPSA) is 21.3 Å². The predicted molar refractivity (Wildman–Crippen MR) is 74.6 cm³/mol. The summed E-state index contributed by atoms with van der Waals surface area (Å²) in [6.45, 7) is 4.04. The zero-order valence-electron chi connectivity index (χ0n) is 10.3. The molecular formula is C14H20BrNO. The molecule has 1 aromatic rings. The Hall–Kier alpha value is -0.540. The SMILES string of the molecule is Cc1ccc(OCCC2CCCCN2)c(Br)c1. The van der Waals surface area contributed by atoms with Crippen LogP contribution in [-0.4, -0.2) is 19.2 Å². The Balaban J connectivity index is 1.77. The second-order valence-corrected chi connectivity index (χ2v) is 5.57. The molecule has 1 fully saturated rings. The van der Waals surface area contributed by atoms with Crippen LogP contribution >= 0.6 is 15.9 Å². The number of piperidine rings is 1. The molecule has 0 saturated carbocycles. The molecule has 17 heavy (non-hydrogen) atoms. The smallest absolute Gasteiger partial charge is 0.133 e. The average molecular weight is 298 g/mol. The van der Waals surface area contributed by atoms with Gasteiger partial charge in [0.25, 0.3) is 0 Å². The molecule has 0 bridgehead atoms. The summed E-state index contributed by atoms with van der Waals surface area (Å²) in [4.78, 5) is 0. The van der Waals surface area contributed by atoms with Crippen molar-refractivity contribution in [3.63, 3.8) is 0 Å². The molecule has 1 aromatic carbocycles. The van der Waals surface area contributed by atoms with Crippen LogP contribution in [0.2, 0.25) is 0 Å². The largest absolute Gasteiger partial charge is 0.492 e. The standard InChI is InChI=1S/C14H20BrNO/c1-11-5-6-14(13(15)10-11)17-9-7-12-4-2-3-8-16-12/h5-6,10,12,16H,2-4,7-9H2,1H3. The lowest BCUT2D eigenvalue weighted by Gasteiger charge is -2.23. The molecule has 1 unspecified atom stereocenters. The molecule has 1 aliphatic heterocycles. The van der Waals surface area contributed by atoms with E-state index < -0.39 is 0 Å². The third kappa shape index (κ3) is 4.00. The van der Waals surface area contributed by atoms with Crippen LogP contribution in [0.15, 0.2) is 22.7 Å². The first-order valence-electron chi connectivity index (χ1n) is 6.38. The Bertz CT molecular complexity index is 361. The first-order valence-corrected chi connectivity index (χ1v) is 7.17. The number of rotatable bonds is 4. The van der Waals surface area contributed by atoms with Crippen molar-refractivity contribution in [2.24, 2.45) is 0 Å². The second kappa shape index (κ2) is 6.41. The van der Waals surface area contributed by atoms with Crippen LogP contribution in [0.5, 0.6) is 5.75 Å². The van der Waals surface area contributed by atoms with Crippen LogP contribution in [0.1, 0.15) is 31.2 Å². The zero-order chi connectivity index (χ0) is 12.1. The van der Waals surface area contributed by atoms with E-state index in [-0.39, 0.29) is 0 Å². The number of hydrogen-bond donors (Lipinski definition) is 1. The minimum atomic E-state index is 0.646. The number of nitrogens with one attached hydrogen (secondary N) is 1. The third-order valence-electron chi connectivity index (χ3n) is 3.22. The monoisotopic (exact) mass is 297 g/mol. The molecule has 1 atom stereocenters. The van der Waals surface area contributed by atoms with Crippen LogP contribution < -0.4 is 10.1 Å². The van der Waals surface area contributed by atoms with Crippen molar-refractivity contribution in [1.82, 2.24) is 5.32 Å². The highest BCUT2D eigenvalue weighted by molar-refractivity contribution is 9.10. The summed E-state index contributed by atoms with van der Waals surface area (Å²) in [5, 5.41) is 3.54. The van der Waals surface area contributed by atoms with Crippen LogP contribution in [-0.2, 0) is 0 Å². The minimum Gasteiger partial charge on any atom is -0.492 e. The Morgan fingerprint density at radius 3 is 3.00 bits per heavy atom. The Morgan fingerprint density at radius 2 is 2.29 bits per heavy atom. The van der Waals surface area contributed by atoms with Gasteiger partial charge >= 0.3 is 0 Å². The fraction of sp³-hybridized carbons (Fsp3) is 0.571. The van der Waals surface area contributed by atoms with Crippen molar-refractivity contribution >= 4 is 15.9 Å². The average Bonchev–Trinajstić information content (AvgIpc) is 2.33. The lowest BCUT2D eigenvalue weighted by Crippen LogP contribution is -2.35. The summed E-state index contributed by atoms with van der Waals surface area (Å²) in [7, 11) is 0. The zero-order valence-corrected chi connectivity index (χ0v) is 11.9. The fourth-order valence-corrected chi connectivity index (χ4v) is 2.81. The molecule has 0 radical (unpaired) electrons. The molecule has 94 valence electrons. The summed E-state index contributed by atoms with van der Waals surface area (Å²) in [5.74, 6) is 0.950. The predicted octanol–water partition coefficient (Wildman–Crippen LogP) is 3.67. The highest BCUT2D eigenvalue weighted by Gasteiger charge is 2.12. The van der Waals surface area contributed by atoms with Crippen LogP contribution in [0.4, 0.5) is 0 Å². The lowest BCUT2D eigenvalue weighted by molar-refractivity contribution is 0.267. The number of benzene rings is 1. The molecule has 1 saturated heterocycles. The van der Waals surface area contributed by atoms with Gasteiger partial charge in [-0.15, -0.1) is 0 Å². The number of halogens is 1. The summed E-state index contributed by atoms with van der Waals surface area (Å²) in [6, 6.07) is 6.86. The van der Waals surface area contributed by atoms with Crippen LogP contribution in [0, 0.1) is 6.92 Å². The maximum absolute atomic E-state index is 5.81. The van der Waals surface area contributed by atoms with Gasteiger partial charge in [-0.1, -0.05) is 12.5 Å². The van der Waals surface area contributed by atoms with Gasteiger partial charge in [-0.2, -0.15) is 0 Å². The normalized spacial score (nSPS) is 20.2. The molecule has 0 aromatic heterocycles. The molecule has 1 aliphatic rings. The number of hydrogen-bond acceptors (Lipinski definition) is 2. The summed E-state index contributed by atoms with van der Waals surface area (Å²) < 4.78 is 6.86. The van der Waals surface area contributed by atoms with E-state index in [0.29, 0.717) is 6.04 Å². The van der Waals surface area contributed by atoms with Crippen molar-refractivity contribution in [3.05, 3.63) is 28.2 Å². The van der Waals surface area contributed by atoms with E-state index >= 15 is 0 Å². The third-order valence-corrected chi connectivity index (χ3v) is 3.84. The van der Waals surface area contributed by atoms with Gasteiger partial charge in [0.1, 0.15) is 5.75 Å². The van der Waals surface area contributed by atoms with E-state index in [1.807, 2.05) is 6.07 Å². The Labute approximate surface area is 112 Å². The fourth-order valence-electron chi connectivity index (χ4n) is 2.20. The minimum absolute atomic E-state index is 0.646. The van der Waals surface area contributed by atoms with Crippen LogP contribution in [0.3, 0.4) is 0 Å². The van der Waals surface area contributed by atoms with Gasteiger partial charge in [-0.05, 0) is 66.4 Å².